The molecule has 0 spiro atoms. The predicted molar refractivity (Wildman–Crippen MR) is 93.8 cm³/mol. The summed E-state index contributed by atoms with van der Waals surface area (Å²) < 4.78 is 14.5. The van der Waals surface area contributed by atoms with E-state index in [9.17, 15) is 14.0 Å². The molecule has 1 aromatic carbocycles. The highest BCUT2D eigenvalue weighted by atomic mass is 19.1. The molecule has 0 unspecified atom stereocenters. The van der Waals surface area contributed by atoms with Gasteiger partial charge in [0.15, 0.2) is 0 Å². The van der Waals surface area contributed by atoms with Gasteiger partial charge < -0.3 is 21.3 Å². The van der Waals surface area contributed by atoms with Crippen LogP contribution in [0.25, 0.3) is 0 Å². The van der Waals surface area contributed by atoms with Gasteiger partial charge in [-0.2, -0.15) is 0 Å². The Bertz CT molecular complexity index is 644. The zero-order valence-electron chi connectivity index (χ0n) is 14.3. The number of nitrogens with one attached hydrogen (secondary N) is 4. The van der Waals surface area contributed by atoms with Crippen molar-refractivity contribution in [3.8, 4) is 0 Å². The summed E-state index contributed by atoms with van der Waals surface area (Å²) in [5, 5.41) is 11.1. The summed E-state index contributed by atoms with van der Waals surface area (Å²) in [6.07, 6.45) is 6.03. The highest BCUT2D eigenvalue weighted by Crippen LogP contribution is 2.24. The number of hydrogen-bond acceptors (Lipinski definition) is 3. The van der Waals surface area contributed by atoms with Gasteiger partial charge in [-0.25, -0.2) is 9.18 Å². The minimum atomic E-state index is -0.438. The molecular formula is C18H25FN4O2. The molecular weight excluding hydrogens is 323 g/mol. The Hall–Kier alpha value is -2.15. The van der Waals surface area contributed by atoms with Crippen LogP contribution >= 0.6 is 0 Å². The van der Waals surface area contributed by atoms with Crippen LogP contribution in [0.5, 0.6) is 0 Å². The van der Waals surface area contributed by atoms with Gasteiger partial charge in [0.2, 0.25) is 5.91 Å². The Labute approximate surface area is 146 Å². The summed E-state index contributed by atoms with van der Waals surface area (Å²) >= 11 is 0. The second kappa shape index (κ2) is 8.29. The van der Waals surface area contributed by atoms with Crippen molar-refractivity contribution < 1.29 is 14.0 Å². The molecule has 3 rings (SSSR count). The lowest BCUT2D eigenvalue weighted by molar-refractivity contribution is -0.115. The van der Waals surface area contributed by atoms with Crippen LogP contribution in [0.4, 0.5) is 14.9 Å². The molecule has 2 aliphatic rings. The molecule has 6 nitrogen and oxygen atoms in total. The quantitative estimate of drug-likeness (QED) is 0.672. The van der Waals surface area contributed by atoms with E-state index in [1.165, 1.54) is 6.42 Å². The van der Waals surface area contributed by atoms with Crippen LogP contribution in [0.2, 0.25) is 0 Å². The fourth-order valence-corrected chi connectivity index (χ4v) is 3.47. The van der Waals surface area contributed by atoms with E-state index in [1.54, 1.807) is 6.07 Å². The van der Waals surface area contributed by atoms with Gasteiger partial charge in [0, 0.05) is 12.6 Å². The fraction of sp³-hybridized carbons (Fsp3) is 0.556. The lowest BCUT2D eigenvalue weighted by atomic mass is 9.96. The van der Waals surface area contributed by atoms with Crippen molar-refractivity contribution in [2.45, 2.75) is 51.1 Å². The summed E-state index contributed by atoms with van der Waals surface area (Å²) in [5.41, 5.74) is 1.74. The normalized spacial score (nSPS) is 17.5. The van der Waals surface area contributed by atoms with Crippen molar-refractivity contribution in [1.82, 2.24) is 16.0 Å². The number of rotatable bonds is 4. The number of urea groups is 1. The number of halogens is 1. The van der Waals surface area contributed by atoms with E-state index in [1.807, 2.05) is 6.07 Å². The highest BCUT2D eigenvalue weighted by molar-refractivity contribution is 5.94. The maximum atomic E-state index is 14.5. The summed E-state index contributed by atoms with van der Waals surface area (Å²) in [6, 6.07) is 3.23. The first-order valence-electron chi connectivity index (χ1n) is 8.98. The van der Waals surface area contributed by atoms with Crippen molar-refractivity contribution in [1.29, 1.82) is 0 Å². The third kappa shape index (κ3) is 4.69. The monoisotopic (exact) mass is 348 g/mol. The molecule has 1 heterocycles. The molecule has 1 aliphatic carbocycles. The van der Waals surface area contributed by atoms with Crippen LogP contribution in [0.1, 0.15) is 43.2 Å². The van der Waals surface area contributed by atoms with Crippen molar-refractivity contribution >= 4 is 17.6 Å². The van der Waals surface area contributed by atoms with Gasteiger partial charge >= 0.3 is 6.03 Å². The maximum absolute atomic E-state index is 14.5. The van der Waals surface area contributed by atoms with Crippen molar-refractivity contribution in [2.75, 3.05) is 18.4 Å². The predicted octanol–water partition coefficient (Wildman–Crippen LogP) is 2.04. The lowest BCUT2D eigenvalue weighted by Crippen LogP contribution is -2.45. The first-order valence-corrected chi connectivity index (χ1v) is 8.98. The summed E-state index contributed by atoms with van der Waals surface area (Å²) in [4.78, 5) is 23.8. The standard InChI is InChI=1S/C18H25FN4O2/c19-17-14-8-9-20-10-12(14)6-7-15(17)23-16(24)11-21-18(25)22-13-4-2-1-3-5-13/h6-7,13,20H,1-5,8-11H2,(H,23,24)(H2,21,22,25). The van der Waals surface area contributed by atoms with Gasteiger partial charge in [-0.15, -0.1) is 0 Å². The third-order valence-corrected chi connectivity index (χ3v) is 4.83. The van der Waals surface area contributed by atoms with Gasteiger partial charge in [-0.1, -0.05) is 25.3 Å². The first-order chi connectivity index (χ1) is 12.1. The second-order valence-corrected chi connectivity index (χ2v) is 6.70. The minimum absolute atomic E-state index is 0.167. The maximum Gasteiger partial charge on any atom is 0.315 e. The number of carbonyl (C=O) groups excluding carboxylic acids is 2. The fourth-order valence-electron chi connectivity index (χ4n) is 3.47. The Balaban J connectivity index is 1.48. The molecule has 0 aromatic heterocycles. The van der Waals surface area contributed by atoms with Gasteiger partial charge in [0.1, 0.15) is 5.82 Å². The Kier molecular flexibility index (Phi) is 5.86. The van der Waals surface area contributed by atoms with E-state index >= 15 is 0 Å². The number of fused-ring (bicyclic) bond motifs is 1. The van der Waals surface area contributed by atoms with E-state index in [0.717, 1.165) is 37.8 Å². The van der Waals surface area contributed by atoms with Crippen LogP contribution in [0.3, 0.4) is 0 Å². The zero-order chi connectivity index (χ0) is 17.6. The molecule has 1 aliphatic heterocycles. The molecule has 1 saturated carbocycles. The molecule has 0 atom stereocenters. The number of hydrogen-bond donors (Lipinski definition) is 4. The SMILES string of the molecule is O=C(CNC(=O)NC1CCCCC1)Nc1ccc2c(c1F)CCNC2. The van der Waals surface area contributed by atoms with Crippen LogP contribution in [-0.2, 0) is 17.8 Å². The highest BCUT2D eigenvalue weighted by Gasteiger charge is 2.18. The van der Waals surface area contributed by atoms with Crippen molar-refractivity contribution in [2.24, 2.45) is 0 Å². The Morgan fingerprint density at radius 3 is 2.80 bits per heavy atom. The largest absolute Gasteiger partial charge is 0.335 e. The van der Waals surface area contributed by atoms with E-state index in [4.69, 9.17) is 0 Å². The third-order valence-electron chi connectivity index (χ3n) is 4.83. The van der Waals surface area contributed by atoms with Crippen LogP contribution in [0, 0.1) is 5.82 Å². The summed E-state index contributed by atoms with van der Waals surface area (Å²) in [5.74, 6) is -0.814. The molecule has 3 amide bonds. The van der Waals surface area contributed by atoms with Crippen LogP contribution in [-0.4, -0.2) is 31.1 Å². The van der Waals surface area contributed by atoms with E-state index in [2.05, 4.69) is 21.3 Å². The Morgan fingerprint density at radius 2 is 2.00 bits per heavy atom. The minimum Gasteiger partial charge on any atom is -0.335 e. The smallest absolute Gasteiger partial charge is 0.315 e. The number of benzene rings is 1. The molecule has 1 aromatic rings. The number of carbonyl (C=O) groups is 2. The van der Waals surface area contributed by atoms with Gasteiger partial charge in [0.05, 0.1) is 12.2 Å². The summed E-state index contributed by atoms with van der Waals surface area (Å²) in [7, 11) is 0. The molecule has 1 fully saturated rings. The first kappa shape index (κ1) is 17.7. The summed E-state index contributed by atoms with van der Waals surface area (Å²) in [6.45, 7) is 1.18. The topological polar surface area (TPSA) is 82.3 Å². The average Bonchev–Trinajstić information content (AvgIpc) is 2.63. The van der Waals surface area contributed by atoms with E-state index in [0.29, 0.717) is 18.5 Å². The van der Waals surface area contributed by atoms with Gasteiger partial charge in [0.25, 0.3) is 0 Å². The molecule has 0 saturated heterocycles. The Morgan fingerprint density at radius 1 is 1.20 bits per heavy atom. The molecule has 4 N–H and O–H groups in total. The van der Waals surface area contributed by atoms with Crippen LogP contribution < -0.4 is 21.3 Å². The van der Waals surface area contributed by atoms with Crippen molar-refractivity contribution in [3.63, 3.8) is 0 Å². The average molecular weight is 348 g/mol. The van der Waals surface area contributed by atoms with Gasteiger partial charge in [-0.3, -0.25) is 4.79 Å². The van der Waals surface area contributed by atoms with Gasteiger partial charge in [-0.05, 0) is 43.0 Å². The molecule has 136 valence electrons. The number of amides is 3. The molecule has 7 heteroatoms. The molecule has 0 radical (unpaired) electrons. The van der Waals surface area contributed by atoms with Crippen LogP contribution in [0.15, 0.2) is 12.1 Å². The zero-order valence-corrected chi connectivity index (χ0v) is 14.3. The van der Waals surface area contributed by atoms with E-state index in [-0.39, 0.29) is 30.1 Å². The number of anilines is 1. The lowest BCUT2D eigenvalue weighted by Gasteiger charge is -2.22. The van der Waals surface area contributed by atoms with Crippen molar-refractivity contribution in [3.05, 3.63) is 29.1 Å². The van der Waals surface area contributed by atoms with E-state index < -0.39 is 5.91 Å². The molecule has 25 heavy (non-hydrogen) atoms. The second-order valence-electron chi connectivity index (χ2n) is 6.70. The molecule has 0 bridgehead atoms.